The van der Waals surface area contributed by atoms with E-state index in [0.717, 1.165) is 22.4 Å². The third-order valence-corrected chi connectivity index (χ3v) is 6.91. The Morgan fingerprint density at radius 2 is 0.947 bits per heavy atom. The minimum atomic E-state index is 0.657. The lowest BCUT2D eigenvalue weighted by Gasteiger charge is -2.11. The van der Waals surface area contributed by atoms with Crippen LogP contribution in [0.4, 0.5) is 0 Å². The third kappa shape index (κ3) is 3.84. The maximum Gasteiger partial charge on any atom is 0.164 e. The molecule has 0 aliphatic rings. The molecule has 0 unspecified atom stereocenters. The summed E-state index contributed by atoms with van der Waals surface area (Å²) < 4.78 is 2.31. The molecule has 0 atom stereocenters. The first-order valence-corrected chi connectivity index (χ1v) is 12.7. The van der Waals surface area contributed by atoms with Gasteiger partial charge in [0.2, 0.25) is 0 Å². The SMILES string of the molecule is Cc1cccc(-c2nc(-c3ccccc3)nc(-c3ccc(-n4c5ccccc5c5ccccc54)cc3)n2)c1. The van der Waals surface area contributed by atoms with Crippen LogP contribution in [0.5, 0.6) is 0 Å². The van der Waals surface area contributed by atoms with Gasteiger partial charge in [-0.1, -0.05) is 90.5 Å². The monoisotopic (exact) mass is 488 g/mol. The Morgan fingerprint density at radius 3 is 1.55 bits per heavy atom. The fourth-order valence-corrected chi connectivity index (χ4v) is 5.09. The van der Waals surface area contributed by atoms with Gasteiger partial charge in [0.15, 0.2) is 17.5 Å². The maximum atomic E-state index is 4.90. The van der Waals surface area contributed by atoms with Crippen molar-refractivity contribution in [2.24, 2.45) is 0 Å². The van der Waals surface area contributed by atoms with Crippen LogP contribution in [0, 0.1) is 6.92 Å². The fourth-order valence-electron chi connectivity index (χ4n) is 5.09. The highest BCUT2D eigenvalue weighted by molar-refractivity contribution is 6.09. The summed E-state index contributed by atoms with van der Waals surface area (Å²) in [6.45, 7) is 2.08. The molecule has 4 nitrogen and oxygen atoms in total. The Kier molecular flexibility index (Phi) is 5.30. The highest BCUT2D eigenvalue weighted by Crippen LogP contribution is 2.32. The Bertz CT molecular complexity index is 1870. The van der Waals surface area contributed by atoms with E-state index >= 15 is 0 Å². The first-order chi connectivity index (χ1) is 18.7. The van der Waals surface area contributed by atoms with Gasteiger partial charge in [0.25, 0.3) is 0 Å². The molecule has 180 valence electrons. The van der Waals surface area contributed by atoms with Crippen molar-refractivity contribution < 1.29 is 0 Å². The molecule has 7 aromatic rings. The molecule has 0 bridgehead atoms. The largest absolute Gasteiger partial charge is 0.309 e. The van der Waals surface area contributed by atoms with Crippen LogP contribution >= 0.6 is 0 Å². The number of hydrogen-bond donors (Lipinski definition) is 0. The van der Waals surface area contributed by atoms with Crippen LogP contribution in [-0.2, 0) is 0 Å². The highest BCUT2D eigenvalue weighted by atomic mass is 15.0. The molecule has 0 fully saturated rings. The zero-order chi connectivity index (χ0) is 25.5. The van der Waals surface area contributed by atoms with Gasteiger partial charge in [-0.2, -0.15) is 0 Å². The molecule has 38 heavy (non-hydrogen) atoms. The lowest BCUT2D eigenvalue weighted by Crippen LogP contribution is -2.00. The van der Waals surface area contributed by atoms with E-state index in [4.69, 9.17) is 15.0 Å². The van der Waals surface area contributed by atoms with E-state index in [1.165, 1.54) is 27.4 Å². The standard InChI is InChI=1S/C34H24N4/c1-23-10-9-13-26(22-23)34-36-32(24-11-3-2-4-12-24)35-33(37-34)25-18-20-27(21-19-25)38-30-16-7-5-14-28(30)29-15-6-8-17-31(29)38/h2-22H,1H3. The van der Waals surface area contributed by atoms with Gasteiger partial charge in [0, 0.05) is 33.2 Å². The second-order valence-corrected chi connectivity index (χ2v) is 9.46. The van der Waals surface area contributed by atoms with Gasteiger partial charge >= 0.3 is 0 Å². The van der Waals surface area contributed by atoms with Crippen molar-refractivity contribution in [3.05, 3.63) is 133 Å². The van der Waals surface area contributed by atoms with Crippen molar-refractivity contribution in [3.63, 3.8) is 0 Å². The van der Waals surface area contributed by atoms with Crippen molar-refractivity contribution in [3.8, 4) is 39.9 Å². The van der Waals surface area contributed by atoms with Gasteiger partial charge in [0.1, 0.15) is 0 Å². The highest BCUT2D eigenvalue weighted by Gasteiger charge is 2.14. The zero-order valence-electron chi connectivity index (χ0n) is 20.9. The first-order valence-electron chi connectivity index (χ1n) is 12.7. The second kappa shape index (κ2) is 9.09. The van der Waals surface area contributed by atoms with Crippen molar-refractivity contribution in [1.29, 1.82) is 0 Å². The molecule has 0 aliphatic heterocycles. The van der Waals surface area contributed by atoms with E-state index in [1.807, 2.05) is 42.5 Å². The van der Waals surface area contributed by atoms with Crippen LogP contribution in [0.15, 0.2) is 127 Å². The van der Waals surface area contributed by atoms with E-state index < -0.39 is 0 Å². The summed E-state index contributed by atoms with van der Waals surface area (Å²) >= 11 is 0. The number of aryl methyl sites for hydroxylation is 1. The lowest BCUT2D eigenvalue weighted by atomic mass is 10.1. The number of rotatable bonds is 4. The summed E-state index contributed by atoms with van der Waals surface area (Å²) in [6, 6.07) is 43.9. The summed E-state index contributed by atoms with van der Waals surface area (Å²) in [5, 5.41) is 2.50. The van der Waals surface area contributed by atoms with Gasteiger partial charge < -0.3 is 4.57 Å². The van der Waals surface area contributed by atoms with Crippen LogP contribution in [0.2, 0.25) is 0 Å². The zero-order valence-corrected chi connectivity index (χ0v) is 20.9. The quantitative estimate of drug-likeness (QED) is 0.250. The molecule has 0 N–H and O–H groups in total. The molecule has 0 aliphatic carbocycles. The molecule has 0 radical (unpaired) electrons. The first kappa shape index (κ1) is 22.1. The van der Waals surface area contributed by atoms with Gasteiger partial charge in [-0.05, 0) is 49.4 Å². The van der Waals surface area contributed by atoms with Crippen molar-refractivity contribution in [2.75, 3.05) is 0 Å². The van der Waals surface area contributed by atoms with E-state index in [2.05, 4.69) is 96.4 Å². The lowest BCUT2D eigenvalue weighted by molar-refractivity contribution is 1.07. The Labute approximate surface area is 220 Å². The molecule has 5 aromatic carbocycles. The van der Waals surface area contributed by atoms with E-state index in [0.29, 0.717) is 17.5 Å². The molecule has 0 saturated heterocycles. The molecular formula is C34H24N4. The van der Waals surface area contributed by atoms with Crippen LogP contribution in [0.3, 0.4) is 0 Å². The van der Waals surface area contributed by atoms with Crippen LogP contribution < -0.4 is 0 Å². The van der Waals surface area contributed by atoms with Gasteiger partial charge in [-0.15, -0.1) is 0 Å². The van der Waals surface area contributed by atoms with Crippen molar-refractivity contribution in [1.82, 2.24) is 19.5 Å². The summed E-state index contributed by atoms with van der Waals surface area (Å²) in [7, 11) is 0. The second-order valence-electron chi connectivity index (χ2n) is 9.46. The predicted molar refractivity (Wildman–Crippen MR) is 155 cm³/mol. The average Bonchev–Trinajstić information content (AvgIpc) is 3.32. The molecule has 0 amide bonds. The number of benzene rings is 5. The smallest absolute Gasteiger partial charge is 0.164 e. The minimum Gasteiger partial charge on any atom is -0.309 e. The number of aromatic nitrogens is 4. The normalized spacial score (nSPS) is 11.3. The topological polar surface area (TPSA) is 43.6 Å². The van der Waals surface area contributed by atoms with Gasteiger partial charge in [-0.25, -0.2) is 15.0 Å². The van der Waals surface area contributed by atoms with Crippen LogP contribution in [0.25, 0.3) is 61.7 Å². The van der Waals surface area contributed by atoms with Crippen molar-refractivity contribution in [2.45, 2.75) is 6.92 Å². The Balaban J connectivity index is 1.37. The number of fused-ring (bicyclic) bond motifs is 3. The van der Waals surface area contributed by atoms with E-state index in [-0.39, 0.29) is 0 Å². The molecule has 0 spiro atoms. The van der Waals surface area contributed by atoms with E-state index in [1.54, 1.807) is 0 Å². The number of nitrogens with zero attached hydrogens (tertiary/aromatic N) is 4. The van der Waals surface area contributed by atoms with Crippen molar-refractivity contribution >= 4 is 21.8 Å². The molecule has 0 saturated carbocycles. The average molecular weight is 489 g/mol. The molecule has 2 aromatic heterocycles. The van der Waals surface area contributed by atoms with Crippen LogP contribution in [0.1, 0.15) is 5.56 Å². The summed E-state index contributed by atoms with van der Waals surface area (Å²) in [5.41, 5.74) is 7.54. The van der Waals surface area contributed by atoms with Gasteiger partial charge in [0.05, 0.1) is 11.0 Å². The molecule has 7 rings (SSSR count). The summed E-state index contributed by atoms with van der Waals surface area (Å²) in [6.07, 6.45) is 0. The van der Waals surface area contributed by atoms with Gasteiger partial charge in [-0.3, -0.25) is 0 Å². The molecule has 2 heterocycles. The molecule has 4 heteroatoms. The van der Waals surface area contributed by atoms with Crippen LogP contribution in [-0.4, -0.2) is 19.5 Å². The fraction of sp³-hybridized carbons (Fsp3) is 0.0294. The summed E-state index contributed by atoms with van der Waals surface area (Å²) in [5.74, 6) is 1.99. The molecular weight excluding hydrogens is 464 g/mol. The Morgan fingerprint density at radius 1 is 0.447 bits per heavy atom. The number of hydrogen-bond acceptors (Lipinski definition) is 3. The third-order valence-electron chi connectivity index (χ3n) is 6.91. The Hall–Kier alpha value is -5.09. The van der Waals surface area contributed by atoms with E-state index in [9.17, 15) is 0 Å². The summed E-state index contributed by atoms with van der Waals surface area (Å²) in [4.78, 5) is 14.6. The minimum absolute atomic E-state index is 0.657. The number of para-hydroxylation sites is 2. The predicted octanol–water partition coefficient (Wildman–Crippen LogP) is 8.28. The maximum absolute atomic E-state index is 4.90.